The first kappa shape index (κ1) is 22.9. The van der Waals surface area contributed by atoms with Crippen LogP contribution in [-0.2, 0) is 10.3 Å². The normalized spacial score (nSPS) is 15.0. The van der Waals surface area contributed by atoms with E-state index in [1.165, 1.54) is 0 Å². The van der Waals surface area contributed by atoms with Gasteiger partial charge in [-0.2, -0.15) is 5.26 Å². The summed E-state index contributed by atoms with van der Waals surface area (Å²) in [6.07, 6.45) is 3.81. The highest BCUT2D eigenvalue weighted by Crippen LogP contribution is 2.34. The first-order valence-electron chi connectivity index (χ1n) is 10.9. The monoisotopic (exact) mass is 423 g/mol. The molecule has 31 heavy (non-hydrogen) atoms. The van der Waals surface area contributed by atoms with E-state index in [2.05, 4.69) is 53.4 Å². The fourth-order valence-corrected chi connectivity index (χ4v) is 3.88. The van der Waals surface area contributed by atoms with Gasteiger partial charge in [-0.3, -0.25) is 4.79 Å². The lowest BCUT2D eigenvalue weighted by Gasteiger charge is -2.35. The van der Waals surface area contributed by atoms with Crippen LogP contribution >= 0.6 is 0 Å². The molecule has 1 saturated heterocycles. The summed E-state index contributed by atoms with van der Waals surface area (Å²) in [5.41, 5.74) is 3.55. The predicted octanol–water partition coefficient (Wildman–Crippen LogP) is 3.85. The number of amides is 1. The molecule has 7 nitrogen and oxygen atoms in total. The van der Waals surface area contributed by atoms with E-state index >= 15 is 0 Å². The van der Waals surface area contributed by atoms with Crippen molar-refractivity contribution in [3.63, 3.8) is 0 Å². The van der Waals surface area contributed by atoms with E-state index in [1.807, 2.05) is 12.1 Å². The molecule has 1 aliphatic heterocycles. The second kappa shape index (κ2) is 9.99. The minimum Gasteiger partial charge on any atom is -0.383 e. The van der Waals surface area contributed by atoms with E-state index in [0.29, 0.717) is 23.8 Å². The quantitative estimate of drug-likeness (QED) is 0.561. The minimum absolute atomic E-state index is 0.236. The maximum atomic E-state index is 12.8. The van der Waals surface area contributed by atoms with Crippen molar-refractivity contribution < 1.29 is 9.53 Å². The lowest BCUT2D eigenvalue weighted by atomic mass is 9.92. The molecule has 1 aromatic heterocycles. The summed E-state index contributed by atoms with van der Waals surface area (Å²) in [5, 5.41) is 15.6. The third-order valence-corrected chi connectivity index (χ3v) is 6.02. The first-order valence-corrected chi connectivity index (χ1v) is 10.9. The Balaban J connectivity index is 1.88. The van der Waals surface area contributed by atoms with Crippen LogP contribution < -0.4 is 15.5 Å². The Labute approximate surface area is 184 Å². The Morgan fingerprint density at radius 2 is 2.06 bits per heavy atom. The number of carbonyl (C=O) groups excluding carboxylic acids is 1. The molecular weight excluding hydrogens is 390 g/mol. The summed E-state index contributed by atoms with van der Waals surface area (Å²) in [4.78, 5) is 18.0. The van der Waals surface area contributed by atoms with Gasteiger partial charge in [-0.25, -0.2) is 0 Å². The van der Waals surface area contributed by atoms with Gasteiger partial charge in [0.05, 0.1) is 23.5 Å². The van der Waals surface area contributed by atoms with Crippen molar-refractivity contribution in [3.05, 3.63) is 47.3 Å². The Hall–Kier alpha value is -2.82. The maximum absolute atomic E-state index is 12.8. The smallest absolute Gasteiger partial charge is 0.272 e. The van der Waals surface area contributed by atoms with E-state index in [-0.39, 0.29) is 11.4 Å². The van der Waals surface area contributed by atoms with Gasteiger partial charge < -0.3 is 25.3 Å². The molecule has 2 aromatic rings. The average molecular weight is 424 g/mol. The lowest BCUT2D eigenvalue weighted by molar-refractivity contribution is 0.102. The number of hydrogen-bond acceptors (Lipinski definition) is 5. The zero-order chi connectivity index (χ0) is 22.4. The molecule has 0 unspecified atom stereocenters. The Morgan fingerprint density at radius 1 is 1.32 bits per heavy atom. The maximum Gasteiger partial charge on any atom is 0.272 e. The Kier molecular flexibility index (Phi) is 7.37. The van der Waals surface area contributed by atoms with Crippen LogP contribution in [0, 0.1) is 17.2 Å². The van der Waals surface area contributed by atoms with Gasteiger partial charge in [-0.15, -0.1) is 0 Å². The number of ether oxygens (including phenoxy) is 1. The summed E-state index contributed by atoms with van der Waals surface area (Å²) >= 11 is 0. The number of methoxy groups -OCH3 is 1. The number of aromatic nitrogens is 1. The molecule has 0 atom stereocenters. The van der Waals surface area contributed by atoms with Crippen molar-refractivity contribution in [3.8, 4) is 6.07 Å². The molecule has 0 saturated carbocycles. The highest BCUT2D eigenvalue weighted by atomic mass is 16.5. The molecule has 1 aromatic carbocycles. The van der Waals surface area contributed by atoms with Gasteiger partial charge in [0.25, 0.3) is 5.91 Å². The largest absolute Gasteiger partial charge is 0.383 e. The third-order valence-electron chi connectivity index (χ3n) is 6.02. The summed E-state index contributed by atoms with van der Waals surface area (Å²) in [5.74, 6) is 0.464. The number of carbonyl (C=O) groups is 1. The molecule has 1 aliphatic rings. The number of aromatic amines is 1. The molecule has 1 amide bonds. The third kappa shape index (κ3) is 5.66. The van der Waals surface area contributed by atoms with Crippen molar-refractivity contribution in [1.82, 2.24) is 10.3 Å². The standard InChI is InChI=1S/C24H33N5O2/c1-17-7-10-29(11-8-17)22-14-19(24(2,3)27-9-12-31-4)5-6-20(22)28-23(30)21-13-18(15-25)16-26-21/h5-6,13-14,16-17,26-27H,7-12H2,1-4H3,(H,28,30). The topological polar surface area (TPSA) is 93.2 Å². The number of nitriles is 1. The average Bonchev–Trinajstić information content (AvgIpc) is 3.24. The molecular formula is C24H33N5O2. The van der Waals surface area contributed by atoms with Crippen LogP contribution in [0.1, 0.15) is 55.2 Å². The molecule has 1 fully saturated rings. The van der Waals surface area contributed by atoms with Crippen LogP contribution in [-0.4, -0.2) is 44.2 Å². The van der Waals surface area contributed by atoms with E-state index in [9.17, 15) is 4.79 Å². The molecule has 0 aliphatic carbocycles. The SMILES string of the molecule is COCCNC(C)(C)c1ccc(NC(=O)c2cc(C#N)c[nH]2)c(N2CCC(C)CC2)c1. The van der Waals surface area contributed by atoms with Crippen LogP contribution in [0.5, 0.6) is 0 Å². The lowest BCUT2D eigenvalue weighted by Crippen LogP contribution is -2.39. The van der Waals surface area contributed by atoms with E-state index in [0.717, 1.165) is 49.4 Å². The summed E-state index contributed by atoms with van der Waals surface area (Å²) < 4.78 is 5.18. The van der Waals surface area contributed by atoms with E-state index in [1.54, 1.807) is 19.4 Å². The summed E-state index contributed by atoms with van der Waals surface area (Å²) in [6.45, 7) is 9.93. The zero-order valence-electron chi connectivity index (χ0n) is 18.9. The van der Waals surface area contributed by atoms with Crippen LogP contribution in [0.3, 0.4) is 0 Å². The van der Waals surface area contributed by atoms with Crippen LogP contribution in [0.2, 0.25) is 0 Å². The second-order valence-electron chi connectivity index (χ2n) is 8.81. The van der Waals surface area contributed by atoms with Gasteiger partial charge in [0.2, 0.25) is 0 Å². The van der Waals surface area contributed by atoms with Crippen molar-refractivity contribution in [2.24, 2.45) is 5.92 Å². The molecule has 166 valence electrons. The Bertz CT molecular complexity index is 936. The van der Waals surface area contributed by atoms with E-state index < -0.39 is 0 Å². The minimum atomic E-state index is -0.252. The fraction of sp³-hybridized carbons (Fsp3) is 0.500. The van der Waals surface area contributed by atoms with Gasteiger partial charge in [-0.1, -0.05) is 13.0 Å². The van der Waals surface area contributed by atoms with Crippen LogP contribution in [0.25, 0.3) is 0 Å². The fourth-order valence-electron chi connectivity index (χ4n) is 3.88. The van der Waals surface area contributed by atoms with Crippen LogP contribution in [0.15, 0.2) is 30.5 Å². The molecule has 2 heterocycles. The van der Waals surface area contributed by atoms with Crippen molar-refractivity contribution in [1.29, 1.82) is 5.26 Å². The number of rotatable bonds is 8. The second-order valence-corrected chi connectivity index (χ2v) is 8.81. The van der Waals surface area contributed by atoms with E-state index in [4.69, 9.17) is 10.00 Å². The first-order chi connectivity index (χ1) is 14.8. The van der Waals surface area contributed by atoms with Gasteiger partial charge in [0.15, 0.2) is 0 Å². The van der Waals surface area contributed by atoms with Gasteiger partial charge in [0, 0.05) is 38.5 Å². The van der Waals surface area contributed by atoms with Crippen LogP contribution in [0.4, 0.5) is 11.4 Å². The number of anilines is 2. The van der Waals surface area contributed by atoms with Gasteiger partial charge in [0.1, 0.15) is 11.8 Å². The number of piperidine rings is 1. The number of H-pyrrole nitrogens is 1. The summed E-state index contributed by atoms with van der Waals surface area (Å²) in [6, 6.07) is 9.83. The zero-order valence-corrected chi connectivity index (χ0v) is 18.9. The molecule has 3 rings (SSSR count). The van der Waals surface area contributed by atoms with Gasteiger partial charge in [-0.05, 0) is 56.4 Å². The highest BCUT2D eigenvalue weighted by Gasteiger charge is 2.25. The van der Waals surface area contributed by atoms with Gasteiger partial charge >= 0.3 is 0 Å². The number of benzene rings is 1. The van der Waals surface area contributed by atoms with Crippen molar-refractivity contribution in [2.75, 3.05) is 43.6 Å². The number of nitrogens with zero attached hydrogens (tertiary/aromatic N) is 2. The molecule has 0 bridgehead atoms. The summed E-state index contributed by atoms with van der Waals surface area (Å²) in [7, 11) is 1.70. The van der Waals surface area contributed by atoms with Crippen molar-refractivity contribution in [2.45, 2.75) is 39.2 Å². The number of hydrogen-bond donors (Lipinski definition) is 3. The predicted molar refractivity (Wildman–Crippen MR) is 123 cm³/mol. The Morgan fingerprint density at radius 3 is 2.71 bits per heavy atom. The van der Waals surface area contributed by atoms with Crippen molar-refractivity contribution >= 4 is 17.3 Å². The molecule has 7 heteroatoms. The molecule has 3 N–H and O–H groups in total. The number of nitrogens with one attached hydrogen (secondary N) is 3. The molecule has 0 spiro atoms. The molecule has 0 radical (unpaired) electrons. The highest BCUT2D eigenvalue weighted by molar-refractivity contribution is 6.05.